The molecule has 1 fully saturated rings. The SMILES string of the molecule is O=C(Nc1ccc(F)cc1-c1ccc(Cl)cc1)c1csc(C2CCN(C(=O)CCc3ccc(F)c(F)c3)CC2)n1. The van der Waals surface area contributed by atoms with Gasteiger partial charge in [-0.3, -0.25) is 9.59 Å². The predicted molar refractivity (Wildman–Crippen MR) is 150 cm³/mol. The van der Waals surface area contributed by atoms with Crippen LogP contribution in [-0.2, 0) is 11.2 Å². The number of amides is 2. The van der Waals surface area contributed by atoms with Crippen LogP contribution in [0.3, 0.4) is 0 Å². The Morgan fingerprint density at radius 1 is 0.975 bits per heavy atom. The lowest BCUT2D eigenvalue weighted by atomic mass is 9.97. The van der Waals surface area contributed by atoms with E-state index in [1.807, 2.05) is 0 Å². The third-order valence-corrected chi connectivity index (χ3v) is 8.21. The largest absolute Gasteiger partial charge is 0.343 e. The molecule has 5 rings (SSSR count). The number of halogens is 4. The van der Waals surface area contributed by atoms with E-state index in [1.165, 1.54) is 35.6 Å². The number of rotatable bonds is 7. The quantitative estimate of drug-likeness (QED) is 0.245. The third kappa shape index (κ3) is 6.54. The molecule has 2 heterocycles. The number of anilines is 1. The Balaban J connectivity index is 1.17. The molecular weight excluding hydrogens is 559 g/mol. The molecule has 0 aliphatic carbocycles. The minimum absolute atomic E-state index is 0.0295. The van der Waals surface area contributed by atoms with Crippen molar-refractivity contribution in [3.63, 3.8) is 0 Å². The fourth-order valence-electron chi connectivity index (χ4n) is 4.74. The highest BCUT2D eigenvalue weighted by molar-refractivity contribution is 7.10. The maximum atomic E-state index is 14.0. The number of benzene rings is 3. The molecule has 1 N–H and O–H groups in total. The van der Waals surface area contributed by atoms with Crippen LogP contribution in [0, 0.1) is 17.5 Å². The van der Waals surface area contributed by atoms with E-state index >= 15 is 0 Å². The molecule has 0 spiro atoms. The van der Waals surface area contributed by atoms with Crippen LogP contribution in [0.5, 0.6) is 0 Å². The van der Waals surface area contributed by atoms with Crippen molar-refractivity contribution in [2.24, 2.45) is 0 Å². The Kier molecular flexibility index (Phi) is 8.52. The van der Waals surface area contributed by atoms with Gasteiger partial charge in [0.1, 0.15) is 11.5 Å². The summed E-state index contributed by atoms with van der Waals surface area (Å²) in [6.07, 6.45) is 1.99. The summed E-state index contributed by atoms with van der Waals surface area (Å²) in [4.78, 5) is 32.0. The summed E-state index contributed by atoms with van der Waals surface area (Å²) >= 11 is 7.38. The van der Waals surface area contributed by atoms with Gasteiger partial charge in [0.2, 0.25) is 5.91 Å². The monoisotopic (exact) mass is 583 g/mol. The van der Waals surface area contributed by atoms with Gasteiger partial charge in [-0.2, -0.15) is 0 Å². The predicted octanol–water partition coefficient (Wildman–Crippen LogP) is 7.47. The molecule has 3 aromatic carbocycles. The Morgan fingerprint density at radius 3 is 2.45 bits per heavy atom. The first-order chi connectivity index (χ1) is 19.3. The molecule has 5 nitrogen and oxygen atoms in total. The van der Waals surface area contributed by atoms with Crippen LogP contribution in [0.1, 0.15) is 46.2 Å². The van der Waals surface area contributed by atoms with Crippen LogP contribution in [0.4, 0.5) is 18.9 Å². The molecule has 40 heavy (non-hydrogen) atoms. The van der Waals surface area contributed by atoms with Crippen molar-refractivity contribution in [2.45, 2.75) is 31.6 Å². The van der Waals surface area contributed by atoms with E-state index in [4.69, 9.17) is 11.6 Å². The van der Waals surface area contributed by atoms with Gasteiger partial charge in [-0.1, -0.05) is 29.8 Å². The summed E-state index contributed by atoms with van der Waals surface area (Å²) in [6, 6.07) is 14.8. The molecule has 10 heteroatoms. The second kappa shape index (κ2) is 12.2. The molecule has 1 saturated heterocycles. The molecule has 0 atom stereocenters. The first kappa shape index (κ1) is 27.9. The van der Waals surface area contributed by atoms with Gasteiger partial charge in [-0.15, -0.1) is 11.3 Å². The molecule has 1 aliphatic rings. The van der Waals surface area contributed by atoms with E-state index in [0.717, 1.165) is 17.1 Å². The van der Waals surface area contributed by atoms with Crippen LogP contribution in [0.15, 0.2) is 66.0 Å². The molecule has 206 valence electrons. The zero-order valence-electron chi connectivity index (χ0n) is 21.3. The van der Waals surface area contributed by atoms with Crippen molar-refractivity contribution in [1.29, 1.82) is 0 Å². The summed E-state index contributed by atoms with van der Waals surface area (Å²) in [6.45, 7) is 1.12. The number of likely N-dealkylation sites (tertiary alicyclic amines) is 1. The van der Waals surface area contributed by atoms with E-state index in [-0.39, 0.29) is 23.9 Å². The van der Waals surface area contributed by atoms with Gasteiger partial charge < -0.3 is 10.2 Å². The van der Waals surface area contributed by atoms with Gasteiger partial charge >= 0.3 is 0 Å². The number of nitrogens with zero attached hydrogens (tertiary/aromatic N) is 2. The summed E-state index contributed by atoms with van der Waals surface area (Å²) < 4.78 is 40.5. The molecule has 1 aromatic heterocycles. The molecule has 0 bridgehead atoms. The summed E-state index contributed by atoms with van der Waals surface area (Å²) in [7, 11) is 0. The summed E-state index contributed by atoms with van der Waals surface area (Å²) in [5.41, 5.74) is 2.55. The molecule has 4 aromatic rings. The number of hydrogen-bond donors (Lipinski definition) is 1. The lowest BCUT2D eigenvalue weighted by Crippen LogP contribution is -2.38. The molecule has 1 aliphatic heterocycles. The topological polar surface area (TPSA) is 62.3 Å². The van der Waals surface area contributed by atoms with Crippen molar-refractivity contribution in [2.75, 3.05) is 18.4 Å². The standard InChI is InChI=1S/C30H25ClF3N3O2S/c31-21-5-3-19(4-6-21)23-16-22(32)7-9-26(23)35-29(39)27-17-40-30(36-27)20-11-13-37(14-12-20)28(38)10-2-18-1-8-24(33)25(34)15-18/h1,3-9,15-17,20H,2,10-14H2,(H,35,39). The Hall–Kier alpha value is -3.69. The maximum absolute atomic E-state index is 14.0. The van der Waals surface area contributed by atoms with Gasteiger partial charge in [0, 0.05) is 47.1 Å². The average molecular weight is 584 g/mol. The van der Waals surface area contributed by atoms with Gasteiger partial charge in [-0.05, 0) is 72.9 Å². The molecule has 2 amide bonds. The summed E-state index contributed by atoms with van der Waals surface area (Å²) in [5, 5.41) is 5.93. The molecule has 0 saturated carbocycles. The van der Waals surface area contributed by atoms with E-state index in [2.05, 4.69) is 10.3 Å². The van der Waals surface area contributed by atoms with Gasteiger partial charge in [0.05, 0.1) is 5.01 Å². The molecular formula is C30H25ClF3N3O2S. The number of aryl methyl sites for hydroxylation is 1. The number of carbonyl (C=O) groups is 2. The molecule has 0 unspecified atom stereocenters. The average Bonchev–Trinajstić information content (AvgIpc) is 3.46. The highest BCUT2D eigenvalue weighted by Crippen LogP contribution is 2.33. The number of nitrogens with one attached hydrogen (secondary N) is 1. The Bertz CT molecular complexity index is 1540. The first-order valence-corrected chi connectivity index (χ1v) is 14.1. The van der Waals surface area contributed by atoms with E-state index in [9.17, 15) is 22.8 Å². The molecule has 0 radical (unpaired) electrons. The van der Waals surface area contributed by atoms with Crippen LogP contribution in [0.2, 0.25) is 5.02 Å². The van der Waals surface area contributed by atoms with Crippen molar-refractivity contribution in [3.8, 4) is 11.1 Å². The van der Waals surface area contributed by atoms with Crippen molar-refractivity contribution in [1.82, 2.24) is 9.88 Å². The number of piperidine rings is 1. The zero-order chi connectivity index (χ0) is 28.2. The van der Waals surface area contributed by atoms with Gasteiger partial charge in [0.25, 0.3) is 5.91 Å². The van der Waals surface area contributed by atoms with Gasteiger partial charge in [0.15, 0.2) is 11.6 Å². The second-order valence-corrected chi connectivity index (χ2v) is 11.0. The summed E-state index contributed by atoms with van der Waals surface area (Å²) in [5.74, 6) is -2.54. The van der Waals surface area contributed by atoms with E-state index in [1.54, 1.807) is 34.5 Å². The van der Waals surface area contributed by atoms with Crippen LogP contribution < -0.4 is 5.32 Å². The maximum Gasteiger partial charge on any atom is 0.275 e. The lowest BCUT2D eigenvalue weighted by molar-refractivity contribution is -0.132. The van der Waals surface area contributed by atoms with Crippen LogP contribution in [0.25, 0.3) is 11.1 Å². The fourth-order valence-corrected chi connectivity index (χ4v) is 5.84. The minimum atomic E-state index is -0.915. The van der Waals surface area contributed by atoms with Crippen LogP contribution in [-0.4, -0.2) is 34.8 Å². The minimum Gasteiger partial charge on any atom is -0.343 e. The number of thiazole rings is 1. The number of aromatic nitrogens is 1. The van der Waals surface area contributed by atoms with Crippen LogP contribution >= 0.6 is 22.9 Å². The van der Waals surface area contributed by atoms with Gasteiger partial charge in [-0.25, -0.2) is 18.2 Å². The smallest absolute Gasteiger partial charge is 0.275 e. The lowest BCUT2D eigenvalue weighted by Gasteiger charge is -2.31. The van der Waals surface area contributed by atoms with E-state index < -0.39 is 23.4 Å². The highest BCUT2D eigenvalue weighted by atomic mass is 35.5. The van der Waals surface area contributed by atoms with Crippen molar-refractivity contribution in [3.05, 3.63) is 105 Å². The first-order valence-electron chi connectivity index (χ1n) is 12.8. The van der Waals surface area contributed by atoms with Crippen molar-refractivity contribution >= 4 is 40.4 Å². The highest BCUT2D eigenvalue weighted by Gasteiger charge is 2.26. The van der Waals surface area contributed by atoms with Crippen molar-refractivity contribution < 1.29 is 22.8 Å². The number of carbonyl (C=O) groups excluding carboxylic acids is 2. The third-order valence-electron chi connectivity index (χ3n) is 6.95. The van der Waals surface area contributed by atoms with E-state index in [0.29, 0.717) is 59.8 Å². The normalized spacial score (nSPS) is 13.8. The number of hydrogen-bond acceptors (Lipinski definition) is 4. The fraction of sp³-hybridized carbons (Fsp3) is 0.233. The Labute approximate surface area is 238 Å². The zero-order valence-corrected chi connectivity index (χ0v) is 22.9. The Morgan fingerprint density at radius 2 is 1.73 bits per heavy atom. The second-order valence-electron chi connectivity index (χ2n) is 9.63.